The fourth-order valence-corrected chi connectivity index (χ4v) is 5.50. The molecule has 1 atom stereocenters. The van der Waals surface area contributed by atoms with Gasteiger partial charge in [-0.1, -0.05) is 30.9 Å². The molecule has 0 radical (unpaired) electrons. The molecule has 3 aromatic heterocycles. The monoisotopic (exact) mass is 591 g/mol. The Bertz CT molecular complexity index is 1780. The number of rotatable bonds is 11. The largest absolute Gasteiger partial charge is 0.477 e. The number of hydrogen-bond acceptors (Lipinski definition) is 9. The number of carboxylic acids is 1. The van der Waals surface area contributed by atoms with Crippen molar-refractivity contribution in [1.29, 1.82) is 5.26 Å². The first kappa shape index (κ1) is 29.1. The van der Waals surface area contributed by atoms with Crippen LogP contribution in [0.15, 0.2) is 77.6 Å². The van der Waals surface area contributed by atoms with E-state index in [1.807, 2.05) is 36.1 Å². The number of ether oxygens (including phenoxy) is 2. The first-order valence-electron chi connectivity index (χ1n) is 14.6. The molecular weight excluding hydrogens is 558 g/mol. The number of anilines is 1. The van der Waals surface area contributed by atoms with Crippen LogP contribution in [0.3, 0.4) is 0 Å². The molecule has 1 aromatic carbocycles. The molecule has 10 nitrogen and oxygen atoms in total. The van der Waals surface area contributed by atoms with Crippen molar-refractivity contribution < 1.29 is 23.8 Å². The van der Waals surface area contributed by atoms with Gasteiger partial charge in [-0.3, -0.25) is 4.90 Å². The molecule has 0 amide bonds. The second-order valence-electron chi connectivity index (χ2n) is 11.0. The lowest BCUT2D eigenvalue weighted by Crippen LogP contribution is -2.43. The van der Waals surface area contributed by atoms with Crippen LogP contribution >= 0.6 is 0 Å². The van der Waals surface area contributed by atoms with E-state index in [-0.39, 0.29) is 18.4 Å². The van der Waals surface area contributed by atoms with Gasteiger partial charge in [0.1, 0.15) is 18.0 Å². The molecule has 0 bridgehead atoms. The van der Waals surface area contributed by atoms with Gasteiger partial charge in [0.15, 0.2) is 5.69 Å². The molecule has 5 heterocycles. The summed E-state index contributed by atoms with van der Waals surface area (Å²) < 4.78 is 17.3. The van der Waals surface area contributed by atoms with Crippen LogP contribution in [0, 0.1) is 18.3 Å². The second kappa shape index (κ2) is 12.7. The molecule has 0 saturated carbocycles. The Kier molecular flexibility index (Phi) is 8.41. The van der Waals surface area contributed by atoms with Crippen molar-refractivity contribution in [3.8, 4) is 11.9 Å². The predicted octanol–water partition coefficient (Wildman–Crippen LogP) is 5.58. The summed E-state index contributed by atoms with van der Waals surface area (Å²) in [5.41, 5.74) is 5.83. The van der Waals surface area contributed by atoms with Crippen LogP contribution in [0.4, 0.5) is 5.82 Å². The van der Waals surface area contributed by atoms with Gasteiger partial charge in [0.25, 0.3) is 0 Å². The molecule has 0 aliphatic carbocycles. The topological polar surface area (TPSA) is 125 Å². The minimum atomic E-state index is -1.06. The highest BCUT2D eigenvalue weighted by Gasteiger charge is 2.27. The van der Waals surface area contributed by atoms with Crippen LogP contribution in [0.25, 0.3) is 16.5 Å². The zero-order chi connectivity index (χ0) is 30.6. The molecular formula is C34H33N5O5. The van der Waals surface area contributed by atoms with E-state index in [2.05, 4.69) is 28.6 Å². The number of hydrogen-bond donors (Lipinski definition) is 1. The van der Waals surface area contributed by atoms with Gasteiger partial charge in [0.05, 0.1) is 36.2 Å². The highest BCUT2D eigenvalue weighted by Crippen LogP contribution is 2.28. The van der Waals surface area contributed by atoms with Gasteiger partial charge in [-0.15, -0.1) is 0 Å². The van der Waals surface area contributed by atoms with Crippen LogP contribution in [0.2, 0.25) is 0 Å². The van der Waals surface area contributed by atoms with Crippen LogP contribution in [0.5, 0.6) is 5.88 Å². The third-order valence-corrected chi connectivity index (χ3v) is 8.05. The summed E-state index contributed by atoms with van der Waals surface area (Å²) in [7, 11) is 0. The van der Waals surface area contributed by atoms with Gasteiger partial charge in [0.2, 0.25) is 5.88 Å². The average Bonchev–Trinajstić information content (AvgIpc) is 3.51. The molecule has 1 N–H and O–H groups in total. The maximum Gasteiger partial charge on any atom is 0.354 e. The van der Waals surface area contributed by atoms with Crippen molar-refractivity contribution >= 4 is 28.3 Å². The Morgan fingerprint density at radius 2 is 2.09 bits per heavy atom. The van der Waals surface area contributed by atoms with Gasteiger partial charge < -0.3 is 23.9 Å². The number of aryl methyl sites for hydroxylation is 1. The van der Waals surface area contributed by atoms with Crippen molar-refractivity contribution in [2.75, 3.05) is 37.7 Å². The zero-order valence-electron chi connectivity index (χ0n) is 24.5. The summed E-state index contributed by atoms with van der Waals surface area (Å²) in [6.45, 7) is 10.0. The molecule has 10 heteroatoms. The molecule has 1 fully saturated rings. The first-order chi connectivity index (χ1) is 21.4. The SMILES string of the molecule is C=C(CN1CC=C(c2cccc(OCc3ccc(C#N)c4ccoc34)n2)CC1)N(C[C@@H]1CCO1)c1nc(C(=O)O)ccc1C. The van der Waals surface area contributed by atoms with Gasteiger partial charge in [0, 0.05) is 49.0 Å². The van der Waals surface area contributed by atoms with Crippen molar-refractivity contribution in [1.82, 2.24) is 14.9 Å². The zero-order valence-corrected chi connectivity index (χ0v) is 24.5. The molecule has 2 aliphatic rings. The maximum atomic E-state index is 11.6. The van der Waals surface area contributed by atoms with Crippen molar-refractivity contribution in [3.05, 3.63) is 101 Å². The van der Waals surface area contributed by atoms with Crippen LogP contribution in [-0.4, -0.2) is 64.8 Å². The third-order valence-electron chi connectivity index (χ3n) is 8.05. The number of pyridine rings is 2. The molecule has 6 rings (SSSR count). The predicted molar refractivity (Wildman–Crippen MR) is 165 cm³/mol. The van der Waals surface area contributed by atoms with E-state index < -0.39 is 5.97 Å². The lowest BCUT2D eigenvalue weighted by Gasteiger charge is -2.37. The Hall–Kier alpha value is -4.98. The number of aromatic carboxylic acids is 1. The summed E-state index contributed by atoms with van der Waals surface area (Å²) in [5.74, 6) is 0.0644. The van der Waals surface area contributed by atoms with E-state index in [0.29, 0.717) is 35.9 Å². The summed E-state index contributed by atoms with van der Waals surface area (Å²) in [6, 6.07) is 16.7. The van der Waals surface area contributed by atoms with Gasteiger partial charge in [-0.2, -0.15) is 5.26 Å². The smallest absolute Gasteiger partial charge is 0.354 e. The highest BCUT2D eigenvalue weighted by atomic mass is 16.5. The quantitative estimate of drug-likeness (QED) is 0.236. The van der Waals surface area contributed by atoms with Crippen molar-refractivity contribution in [3.63, 3.8) is 0 Å². The van der Waals surface area contributed by atoms with Crippen LogP contribution in [0.1, 0.15) is 45.7 Å². The summed E-state index contributed by atoms with van der Waals surface area (Å²) in [6.07, 6.45) is 5.59. The second-order valence-corrected chi connectivity index (χ2v) is 11.0. The first-order valence-corrected chi connectivity index (χ1v) is 14.6. The van der Waals surface area contributed by atoms with E-state index in [9.17, 15) is 15.2 Å². The highest BCUT2D eigenvalue weighted by molar-refractivity contribution is 5.86. The van der Waals surface area contributed by atoms with Crippen LogP contribution < -0.4 is 9.64 Å². The maximum absolute atomic E-state index is 11.6. The summed E-state index contributed by atoms with van der Waals surface area (Å²) in [4.78, 5) is 25.1. The lowest BCUT2D eigenvalue weighted by molar-refractivity contribution is -0.0440. The van der Waals surface area contributed by atoms with Crippen LogP contribution in [-0.2, 0) is 11.3 Å². The fraction of sp³-hybridized carbons (Fsp3) is 0.294. The van der Waals surface area contributed by atoms with Crippen molar-refractivity contribution in [2.45, 2.75) is 32.5 Å². The molecule has 0 spiro atoms. The van der Waals surface area contributed by atoms with E-state index >= 15 is 0 Å². The molecule has 2 aliphatic heterocycles. The minimum Gasteiger partial charge on any atom is -0.477 e. The summed E-state index contributed by atoms with van der Waals surface area (Å²) in [5, 5.41) is 19.6. The number of carboxylic acid groups (broad SMARTS) is 1. The Balaban J connectivity index is 1.11. The standard InChI is InChI=1S/C34H33N5O5/c1-22-6-9-30(34(40)41)37-33(22)39(20-27-12-16-42-27)23(2)19-38-14-10-24(11-15-38)29-4-3-5-31(36-29)44-21-26-8-7-25(18-35)28-13-17-43-32(26)28/h3-10,13,17,27H,2,11-12,14-16,19-21H2,1H3,(H,40,41)/t27-/m0/s1. The molecule has 0 unspecified atom stereocenters. The number of fused-ring (bicyclic) bond motifs is 1. The molecule has 1 saturated heterocycles. The Morgan fingerprint density at radius 1 is 1.23 bits per heavy atom. The van der Waals surface area contributed by atoms with Gasteiger partial charge >= 0.3 is 5.97 Å². The normalized spacial score (nSPS) is 16.5. The van der Waals surface area contributed by atoms with E-state index in [1.165, 1.54) is 6.07 Å². The number of carbonyl (C=O) groups is 1. The van der Waals surface area contributed by atoms with Crippen molar-refractivity contribution in [2.24, 2.45) is 0 Å². The Labute approximate surface area is 255 Å². The average molecular weight is 592 g/mol. The number of aromatic nitrogens is 2. The van der Waals surface area contributed by atoms with Gasteiger partial charge in [-0.05, 0) is 55.2 Å². The van der Waals surface area contributed by atoms with E-state index in [0.717, 1.165) is 66.0 Å². The molecule has 224 valence electrons. The minimum absolute atomic E-state index is 0.00772. The third kappa shape index (κ3) is 6.20. The van der Waals surface area contributed by atoms with E-state index in [1.54, 1.807) is 24.5 Å². The lowest BCUT2D eigenvalue weighted by atomic mass is 10.0. The fourth-order valence-electron chi connectivity index (χ4n) is 5.50. The summed E-state index contributed by atoms with van der Waals surface area (Å²) >= 11 is 0. The number of benzene rings is 1. The molecule has 4 aromatic rings. The molecule has 44 heavy (non-hydrogen) atoms. The Morgan fingerprint density at radius 3 is 2.82 bits per heavy atom. The van der Waals surface area contributed by atoms with Gasteiger partial charge in [-0.25, -0.2) is 14.8 Å². The number of nitriles is 1. The number of furan rings is 1. The number of nitrogens with zero attached hydrogens (tertiary/aromatic N) is 5. The van der Waals surface area contributed by atoms with E-state index in [4.69, 9.17) is 18.9 Å².